The fraction of sp³-hybridized carbons (Fsp3) is 0.433. The predicted octanol–water partition coefficient (Wildman–Crippen LogP) is 7.88. The van der Waals surface area contributed by atoms with E-state index in [1.165, 1.54) is 62.6 Å². The van der Waals surface area contributed by atoms with Gasteiger partial charge in [0.05, 0.1) is 5.56 Å². The van der Waals surface area contributed by atoms with Crippen LogP contribution >= 0.6 is 0 Å². The molecule has 2 fully saturated rings. The number of ether oxygens (including phenoxy) is 2. The summed E-state index contributed by atoms with van der Waals surface area (Å²) < 4.78 is 24.9. The molecule has 0 N–H and O–H groups in total. The number of halogens is 1. The van der Waals surface area contributed by atoms with Gasteiger partial charge in [-0.1, -0.05) is 37.3 Å². The van der Waals surface area contributed by atoms with Crippen LogP contribution in [0.2, 0.25) is 0 Å². The van der Waals surface area contributed by atoms with Crippen LogP contribution in [0.4, 0.5) is 4.39 Å². The van der Waals surface area contributed by atoms with Crippen molar-refractivity contribution in [3.05, 3.63) is 84.7 Å². The second-order valence-corrected chi connectivity index (χ2v) is 9.78. The second kappa shape index (κ2) is 11.5. The molecule has 0 amide bonds. The minimum absolute atomic E-state index is 0.109. The van der Waals surface area contributed by atoms with Gasteiger partial charge >= 0.3 is 5.97 Å². The first-order valence-electron chi connectivity index (χ1n) is 12.5. The van der Waals surface area contributed by atoms with Crippen LogP contribution in [0.1, 0.15) is 73.2 Å². The van der Waals surface area contributed by atoms with Gasteiger partial charge in [-0.15, -0.1) is 6.58 Å². The summed E-state index contributed by atoms with van der Waals surface area (Å²) in [6, 6.07) is 11.9. The van der Waals surface area contributed by atoms with Crippen molar-refractivity contribution in [2.75, 3.05) is 6.61 Å². The Bertz CT molecular complexity index is 997. The zero-order valence-electron chi connectivity index (χ0n) is 19.9. The largest absolute Gasteiger partial charge is 0.489 e. The molecule has 2 saturated carbocycles. The lowest BCUT2D eigenvalue weighted by Gasteiger charge is -2.42. The monoisotopic (exact) mass is 462 g/mol. The molecule has 2 aromatic rings. The molecule has 0 aromatic heterocycles. The lowest BCUT2D eigenvalue weighted by Crippen LogP contribution is -2.30. The molecule has 4 heteroatoms. The van der Waals surface area contributed by atoms with Gasteiger partial charge in [0, 0.05) is 6.07 Å². The Labute approximate surface area is 202 Å². The van der Waals surface area contributed by atoms with E-state index in [-0.39, 0.29) is 12.4 Å². The molecule has 2 aromatic carbocycles. The Morgan fingerprint density at radius 2 is 1.74 bits per heavy atom. The molecule has 0 bridgehead atoms. The third-order valence-electron chi connectivity index (χ3n) is 7.59. The highest BCUT2D eigenvalue weighted by atomic mass is 19.1. The molecular weight excluding hydrogens is 427 g/mol. The van der Waals surface area contributed by atoms with Crippen molar-refractivity contribution in [2.45, 2.75) is 57.3 Å². The lowest BCUT2D eigenvalue weighted by atomic mass is 9.63. The Hall–Kier alpha value is -2.88. The molecule has 4 atom stereocenters. The number of fused-ring (bicyclic) bond motifs is 1. The molecule has 2 aliphatic rings. The van der Waals surface area contributed by atoms with Crippen molar-refractivity contribution in [3.63, 3.8) is 0 Å². The number of hydrogen-bond acceptors (Lipinski definition) is 3. The minimum atomic E-state index is -0.637. The molecule has 2 aliphatic carbocycles. The van der Waals surface area contributed by atoms with Crippen molar-refractivity contribution in [1.29, 1.82) is 0 Å². The summed E-state index contributed by atoms with van der Waals surface area (Å²) in [5.41, 5.74) is 1.71. The van der Waals surface area contributed by atoms with Gasteiger partial charge in [0.15, 0.2) is 11.6 Å². The fourth-order valence-electron chi connectivity index (χ4n) is 5.76. The van der Waals surface area contributed by atoms with Gasteiger partial charge in [-0.25, -0.2) is 9.18 Å². The van der Waals surface area contributed by atoms with Crippen molar-refractivity contribution < 1.29 is 18.7 Å². The topological polar surface area (TPSA) is 35.5 Å². The van der Waals surface area contributed by atoms with Gasteiger partial charge in [0.1, 0.15) is 12.4 Å². The van der Waals surface area contributed by atoms with Crippen LogP contribution in [0.3, 0.4) is 0 Å². The van der Waals surface area contributed by atoms with Crippen LogP contribution in [-0.2, 0) is 0 Å². The van der Waals surface area contributed by atoms with Gasteiger partial charge in [-0.05, 0) is 98.4 Å². The normalized spacial score (nSPS) is 24.0. The van der Waals surface area contributed by atoms with Gasteiger partial charge in [0.25, 0.3) is 0 Å². The van der Waals surface area contributed by atoms with E-state index in [9.17, 15) is 9.18 Å². The summed E-state index contributed by atoms with van der Waals surface area (Å²) in [7, 11) is 0. The first-order chi connectivity index (χ1) is 16.6. The summed E-state index contributed by atoms with van der Waals surface area (Å²) in [5, 5.41) is 0. The van der Waals surface area contributed by atoms with Crippen LogP contribution in [-0.4, -0.2) is 12.6 Å². The van der Waals surface area contributed by atoms with Crippen LogP contribution in [0, 0.1) is 23.6 Å². The third kappa shape index (κ3) is 5.97. The summed E-state index contributed by atoms with van der Waals surface area (Å²) in [4.78, 5) is 12.6. The van der Waals surface area contributed by atoms with E-state index in [0.29, 0.717) is 17.2 Å². The average molecular weight is 463 g/mol. The number of hydrogen-bond donors (Lipinski definition) is 0. The molecule has 4 rings (SSSR count). The summed E-state index contributed by atoms with van der Waals surface area (Å²) >= 11 is 0. The van der Waals surface area contributed by atoms with E-state index < -0.39 is 11.8 Å². The lowest BCUT2D eigenvalue weighted by molar-refractivity contribution is 0.0727. The van der Waals surface area contributed by atoms with E-state index in [0.717, 1.165) is 24.2 Å². The quantitative estimate of drug-likeness (QED) is 0.216. The van der Waals surface area contributed by atoms with Crippen LogP contribution in [0.25, 0.3) is 0 Å². The van der Waals surface area contributed by atoms with Crippen LogP contribution in [0.5, 0.6) is 11.5 Å². The number of allylic oxidation sites excluding steroid dienone is 1. The first-order valence-corrected chi connectivity index (χ1v) is 12.5. The van der Waals surface area contributed by atoms with Crippen LogP contribution < -0.4 is 9.47 Å². The minimum Gasteiger partial charge on any atom is -0.489 e. The van der Waals surface area contributed by atoms with Crippen molar-refractivity contribution >= 4 is 5.97 Å². The second-order valence-electron chi connectivity index (χ2n) is 9.78. The zero-order chi connectivity index (χ0) is 23.9. The number of carbonyl (C=O) groups is 1. The SMILES string of the molecule is C=CCCC1CCC2CC(c3ccc(C(=O)Oc4ccc(OCC=C)cc4F)cc3)CCC2C1. The molecule has 3 nitrogen and oxygen atoms in total. The maximum absolute atomic E-state index is 14.3. The maximum Gasteiger partial charge on any atom is 0.343 e. The van der Waals surface area contributed by atoms with Gasteiger partial charge in [-0.2, -0.15) is 0 Å². The Morgan fingerprint density at radius 3 is 2.47 bits per heavy atom. The molecule has 0 radical (unpaired) electrons. The summed E-state index contributed by atoms with van der Waals surface area (Å²) in [5.74, 6) is 2.18. The standard InChI is InChI=1S/C30H35FO3/c1-3-5-6-21-7-8-26-19-25(14-13-24(26)18-21)22-9-11-23(12-10-22)30(32)34-29-16-15-27(20-28(29)31)33-17-4-2/h3-4,9-12,15-16,20-21,24-26H,1-2,5-8,13-14,17-19H2. The van der Waals surface area contributed by atoms with Gasteiger partial charge < -0.3 is 9.47 Å². The van der Waals surface area contributed by atoms with Crippen molar-refractivity contribution in [3.8, 4) is 11.5 Å². The summed E-state index contributed by atoms with van der Waals surface area (Å²) in [6.07, 6.45) is 13.9. The smallest absolute Gasteiger partial charge is 0.343 e. The molecule has 0 saturated heterocycles. The number of esters is 1. The number of carbonyl (C=O) groups excluding carboxylic acids is 1. The molecule has 0 spiro atoms. The number of rotatable bonds is 9. The van der Waals surface area contributed by atoms with E-state index >= 15 is 0 Å². The van der Waals surface area contributed by atoms with E-state index in [1.807, 2.05) is 12.1 Å². The van der Waals surface area contributed by atoms with Crippen molar-refractivity contribution in [2.24, 2.45) is 17.8 Å². The Kier molecular flexibility index (Phi) is 8.21. The van der Waals surface area contributed by atoms with E-state index in [1.54, 1.807) is 24.3 Å². The molecule has 4 unspecified atom stereocenters. The highest BCUT2D eigenvalue weighted by molar-refractivity contribution is 5.91. The van der Waals surface area contributed by atoms with Crippen LogP contribution in [0.15, 0.2) is 67.8 Å². The zero-order valence-corrected chi connectivity index (χ0v) is 19.9. The van der Waals surface area contributed by atoms with Gasteiger partial charge in [0.2, 0.25) is 0 Å². The molecule has 34 heavy (non-hydrogen) atoms. The Morgan fingerprint density at radius 1 is 0.971 bits per heavy atom. The Balaban J connectivity index is 1.32. The summed E-state index contributed by atoms with van der Waals surface area (Å²) in [6.45, 7) is 7.72. The maximum atomic E-state index is 14.3. The highest BCUT2D eigenvalue weighted by Crippen LogP contribution is 2.48. The third-order valence-corrected chi connectivity index (χ3v) is 7.59. The molecular formula is C30H35FO3. The van der Waals surface area contributed by atoms with Crippen molar-refractivity contribution in [1.82, 2.24) is 0 Å². The van der Waals surface area contributed by atoms with Gasteiger partial charge in [-0.3, -0.25) is 0 Å². The molecule has 0 aliphatic heterocycles. The highest BCUT2D eigenvalue weighted by Gasteiger charge is 2.35. The van der Waals surface area contributed by atoms with E-state index in [2.05, 4.69) is 19.2 Å². The molecule has 0 heterocycles. The predicted molar refractivity (Wildman–Crippen MR) is 134 cm³/mol. The fourth-order valence-corrected chi connectivity index (χ4v) is 5.76. The number of benzene rings is 2. The average Bonchev–Trinajstić information content (AvgIpc) is 2.87. The molecule has 180 valence electrons. The van der Waals surface area contributed by atoms with E-state index in [4.69, 9.17) is 9.47 Å². The first kappa shape index (κ1) is 24.3.